The maximum Gasteiger partial charge on any atom is 0.322 e. The molecule has 2 fully saturated rings. The lowest BCUT2D eigenvalue weighted by atomic mass is 9.73. The molecule has 3 nitrogen and oxygen atoms in total. The van der Waals surface area contributed by atoms with Crippen LogP contribution in [0.5, 0.6) is 0 Å². The van der Waals surface area contributed by atoms with E-state index >= 15 is 0 Å². The van der Waals surface area contributed by atoms with Crippen LogP contribution in [0.25, 0.3) is 0 Å². The number of methoxy groups -OCH3 is 1. The molecule has 1 spiro atoms. The molecule has 0 bridgehead atoms. The van der Waals surface area contributed by atoms with Gasteiger partial charge >= 0.3 is 5.97 Å². The molecule has 1 N–H and O–H groups in total. The molecule has 0 amide bonds. The van der Waals surface area contributed by atoms with Crippen LogP contribution in [0.2, 0.25) is 0 Å². The molecule has 0 aromatic carbocycles. The van der Waals surface area contributed by atoms with Gasteiger partial charge in [0.2, 0.25) is 0 Å². The number of ether oxygens (including phenoxy) is 1. The van der Waals surface area contributed by atoms with E-state index in [2.05, 4.69) is 5.32 Å². The average Bonchev–Trinajstić information content (AvgIpc) is 2.62. The third kappa shape index (κ3) is 1.78. The molecule has 1 saturated carbocycles. The minimum absolute atomic E-state index is 0.0434. The number of hydrogen-bond acceptors (Lipinski definition) is 3. The van der Waals surface area contributed by atoms with Crippen molar-refractivity contribution in [3.8, 4) is 0 Å². The Morgan fingerprint density at radius 3 is 2.71 bits per heavy atom. The molecular formula is C11H19NO2. The van der Waals surface area contributed by atoms with Crippen LogP contribution in [0.3, 0.4) is 0 Å². The standard InChI is InChI=1S/C11H19NO2/c1-14-10(13)9-7-11(8-12-9)5-3-2-4-6-11/h9,12H,2-8H2,1H3/t9-/m1/s1. The average molecular weight is 197 g/mol. The van der Waals surface area contributed by atoms with Crippen LogP contribution in [0.4, 0.5) is 0 Å². The molecule has 1 saturated heterocycles. The molecule has 0 unspecified atom stereocenters. The quantitative estimate of drug-likeness (QED) is 0.647. The zero-order valence-corrected chi connectivity index (χ0v) is 8.84. The molecule has 0 aromatic rings. The van der Waals surface area contributed by atoms with Gasteiger partial charge in [0, 0.05) is 6.54 Å². The molecule has 1 aliphatic heterocycles. The minimum atomic E-state index is -0.0903. The zero-order valence-electron chi connectivity index (χ0n) is 8.84. The van der Waals surface area contributed by atoms with Gasteiger partial charge in [0.15, 0.2) is 0 Å². The lowest BCUT2D eigenvalue weighted by molar-refractivity contribution is -0.142. The second kappa shape index (κ2) is 3.89. The molecule has 0 radical (unpaired) electrons. The summed E-state index contributed by atoms with van der Waals surface area (Å²) in [7, 11) is 1.47. The lowest BCUT2D eigenvalue weighted by Crippen LogP contribution is -2.31. The Balaban J connectivity index is 1.95. The van der Waals surface area contributed by atoms with Gasteiger partial charge in [-0.15, -0.1) is 0 Å². The lowest BCUT2D eigenvalue weighted by Gasteiger charge is -2.32. The van der Waals surface area contributed by atoms with Gasteiger partial charge in [0.25, 0.3) is 0 Å². The van der Waals surface area contributed by atoms with Crippen molar-refractivity contribution in [1.82, 2.24) is 5.32 Å². The van der Waals surface area contributed by atoms with Gasteiger partial charge in [-0.05, 0) is 24.7 Å². The highest BCUT2D eigenvalue weighted by Crippen LogP contribution is 2.42. The molecule has 1 heterocycles. The number of carbonyl (C=O) groups is 1. The summed E-state index contributed by atoms with van der Waals surface area (Å²) in [4.78, 5) is 11.4. The number of esters is 1. The van der Waals surface area contributed by atoms with Crippen LogP contribution in [0.1, 0.15) is 38.5 Å². The van der Waals surface area contributed by atoms with Gasteiger partial charge in [-0.1, -0.05) is 19.3 Å². The predicted molar refractivity (Wildman–Crippen MR) is 53.9 cm³/mol. The fraction of sp³-hybridized carbons (Fsp3) is 0.909. The van der Waals surface area contributed by atoms with E-state index in [-0.39, 0.29) is 12.0 Å². The summed E-state index contributed by atoms with van der Waals surface area (Å²) in [5.74, 6) is -0.0903. The van der Waals surface area contributed by atoms with Crippen LogP contribution in [0, 0.1) is 5.41 Å². The number of carbonyl (C=O) groups excluding carboxylic acids is 1. The van der Waals surface area contributed by atoms with E-state index in [1.54, 1.807) is 0 Å². The maximum absolute atomic E-state index is 11.4. The van der Waals surface area contributed by atoms with Crippen molar-refractivity contribution in [2.24, 2.45) is 5.41 Å². The van der Waals surface area contributed by atoms with E-state index in [9.17, 15) is 4.79 Å². The SMILES string of the molecule is COC(=O)[C@H]1CC2(CCCCC2)CN1. The first-order valence-electron chi connectivity index (χ1n) is 5.57. The van der Waals surface area contributed by atoms with E-state index in [1.807, 2.05) is 0 Å². The topological polar surface area (TPSA) is 38.3 Å². The van der Waals surface area contributed by atoms with E-state index in [4.69, 9.17) is 4.74 Å². The highest BCUT2D eigenvalue weighted by Gasteiger charge is 2.42. The molecule has 2 rings (SSSR count). The summed E-state index contributed by atoms with van der Waals surface area (Å²) in [6, 6.07) is -0.0434. The Labute approximate surface area is 85.2 Å². The molecule has 14 heavy (non-hydrogen) atoms. The summed E-state index contributed by atoms with van der Waals surface area (Å²) in [5.41, 5.74) is 0.414. The Morgan fingerprint density at radius 1 is 1.36 bits per heavy atom. The summed E-state index contributed by atoms with van der Waals surface area (Å²) >= 11 is 0. The van der Waals surface area contributed by atoms with E-state index < -0.39 is 0 Å². The van der Waals surface area contributed by atoms with Gasteiger partial charge in [0.05, 0.1) is 7.11 Å². The predicted octanol–water partition coefficient (Wildman–Crippen LogP) is 1.47. The third-order valence-electron chi connectivity index (χ3n) is 3.76. The summed E-state index contributed by atoms with van der Waals surface area (Å²) in [5, 5.41) is 3.29. The number of rotatable bonds is 1. The molecule has 1 aliphatic carbocycles. The van der Waals surface area contributed by atoms with Crippen molar-refractivity contribution in [2.45, 2.75) is 44.6 Å². The van der Waals surface area contributed by atoms with E-state index in [0.717, 1.165) is 13.0 Å². The van der Waals surface area contributed by atoms with Gasteiger partial charge in [-0.25, -0.2) is 0 Å². The fourth-order valence-corrected chi connectivity index (χ4v) is 2.91. The van der Waals surface area contributed by atoms with Crippen LogP contribution < -0.4 is 5.32 Å². The largest absolute Gasteiger partial charge is 0.468 e. The molecule has 2 aliphatic rings. The molecule has 0 aromatic heterocycles. The zero-order chi connectivity index (χ0) is 10.0. The highest BCUT2D eigenvalue weighted by atomic mass is 16.5. The first kappa shape index (κ1) is 9.97. The van der Waals surface area contributed by atoms with Crippen LogP contribution in [-0.4, -0.2) is 25.7 Å². The highest BCUT2D eigenvalue weighted by molar-refractivity contribution is 5.76. The van der Waals surface area contributed by atoms with Crippen LogP contribution in [-0.2, 0) is 9.53 Å². The van der Waals surface area contributed by atoms with Gasteiger partial charge in [-0.2, -0.15) is 0 Å². The first-order chi connectivity index (χ1) is 6.76. The normalized spacial score (nSPS) is 30.5. The summed E-state index contributed by atoms with van der Waals surface area (Å²) in [6.07, 6.45) is 7.58. The van der Waals surface area contributed by atoms with Gasteiger partial charge in [0.1, 0.15) is 6.04 Å². The second-order valence-corrected chi connectivity index (χ2v) is 4.72. The van der Waals surface area contributed by atoms with Crippen molar-refractivity contribution in [2.75, 3.05) is 13.7 Å². The molecule has 80 valence electrons. The van der Waals surface area contributed by atoms with E-state index in [1.165, 1.54) is 39.2 Å². The van der Waals surface area contributed by atoms with Gasteiger partial charge < -0.3 is 10.1 Å². The monoisotopic (exact) mass is 197 g/mol. The van der Waals surface area contributed by atoms with Crippen molar-refractivity contribution < 1.29 is 9.53 Å². The Bertz CT molecular complexity index is 221. The van der Waals surface area contributed by atoms with Gasteiger partial charge in [-0.3, -0.25) is 4.79 Å². The summed E-state index contributed by atoms with van der Waals surface area (Å²) in [6.45, 7) is 1.01. The second-order valence-electron chi connectivity index (χ2n) is 4.72. The molecular weight excluding hydrogens is 178 g/mol. The van der Waals surface area contributed by atoms with Crippen molar-refractivity contribution >= 4 is 5.97 Å². The van der Waals surface area contributed by atoms with Crippen molar-refractivity contribution in [1.29, 1.82) is 0 Å². The van der Waals surface area contributed by atoms with Crippen molar-refractivity contribution in [3.05, 3.63) is 0 Å². The Kier molecular flexibility index (Phi) is 2.77. The Hall–Kier alpha value is -0.570. The fourth-order valence-electron chi connectivity index (χ4n) is 2.91. The summed E-state index contributed by atoms with van der Waals surface area (Å²) < 4.78 is 4.77. The Morgan fingerprint density at radius 2 is 2.07 bits per heavy atom. The number of nitrogens with one attached hydrogen (secondary N) is 1. The van der Waals surface area contributed by atoms with Crippen LogP contribution >= 0.6 is 0 Å². The van der Waals surface area contributed by atoms with Crippen molar-refractivity contribution in [3.63, 3.8) is 0 Å². The third-order valence-corrected chi connectivity index (χ3v) is 3.76. The maximum atomic E-state index is 11.4. The first-order valence-corrected chi connectivity index (χ1v) is 5.57. The smallest absolute Gasteiger partial charge is 0.322 e. The molecule has 1 atom stereocenters. The molecule has 3 heteroatoms. The van der Waals surface area contributed by atoms with Crippen LogP contribution in [0.15, 0.2) is 0 Å². The number of hydrogen-bond donors (Lipinski definition) is 1. The minimum Gasteiger partial charge on any atom is -0.468 e. The van der Waals surface area contributed by atoms with E-state index in [0.29, 0.717) is 5.41 Å².